The Morgan fingerprint density at radius 1 is 1.42 bits per heavy atom. The lowest BCUT2D eigenvalue weighted by Gasteiger charge is -2.07. The fourth-order valence-corrected chi connectivity index (χ4v) is 1.48. The minimum absolute atomic E-state index is 0.0332. The van der Waals surface area contributed by atoms with Gasteiger partial charge in [0.1, 0.15) is 0 Å². The van der Waals surface area contributed by atoms with Gasteiger partial charge < -0.3 is 4.74 Å². The van der Waals surface area contributed by atoms with Crippen LogP contribution in [0.1, 0.15) is 0 Å². The van der Waals surface area contributed by atoms with E-state index in [9.17, 15) is 8.78 Å². The fraction of sp³-hybridized carbons (Fsp3) is 0.143. The van der Waals surface area contributed by atoms with Gasteiger partial charge in [-0.3, -0.25) is 0 Å². The number of rotatable bonds is 2. The second-order valence-corrected chi connectivity index (χ2v) is 3.19. The molecular weight excluding hydrogens is 253 g/mol. The molecule has 12 heavy (non-hydrogen) atoms. The second-order valence-electron chi connectivity index (χ2n) is 1.93. The van der Waals surface area contributed by atoms with Gasteiger partial charge >= 0.3 is 6.61 Å². The summed E-state index contributed by atoms with van der Waals surface area (Å²) in [7, 11) is 0. The van der Waals surface area contributed by atoms with E-state index in [0.29, 0.717) is 4.47 Å². The molecule has 0 N–H and O–H groups in total. The van der Waals surface area contributed by atoms with E-state index in [2.05, 4.69) is 20.7 Å². The Hall–Kier alpha value is -0.350. The van der Waals surface area contributed by atoms with Crippen LogP contribution in [0, 0.1) is 0 Å². The topological polar surface area (TPSA) is 9.23 Å². The Morgan fingerprint density at radius 2 is 2.08 bits per heavy atom. The van der Waals surface area contributed by atoms with Crippen LogP contribution < -0.4 is 4.74 Å². The summed E-state index contributed by atoms with van der Waals surface area (Å²) in [6.45, 7) is -2.86. The van der Waals surface area contributed by atoms with Crippen molar-refractivity contribution in [1.82, 2.24) is 0 Å². The summed E-state index contributed by atoms with van der Waals surface area (Å²) in [5.74, 6) is -0.0332. The third-order valence-electron chi connectivity index (χ3n) is 1.13. The van der Waals surface area contributed by atoms with Gasteiger partial charge in [-0.05, 0) is 28.1 Å². The third kappa shape index (κ3) is 2.32. The first-order valence-corrected chi connectivity index (χ1v) is 4.17. The Balaban J connectivity index is 2.96. The van der Waals surface area contributed by atoms with E-state index in [-0.39, 0.29) is 10.8 Å². The molecule has 0 saturated carbocycles. The molecule has 0 spiro atoms. The van der Waals surface area contributed by atoms with Gasteiger partial charge in [0.25, 0.3) is 0 Å². The molecule has 0 fully saturated rings. The SMILES string of the molecule is FC(F)Oc1c(Cl)cccc1Br. The zero-order chi connectivity index (χ0) is 9.14. The van der Waals surface area contributed by atoms with Gasteiger partial charge in [0.15, 0.2) is 5.75 Å². The van der Waals surface area contributed by atoms with Crippen molar-refractivity contribution in [2.75, 3.05) is 0 Å². The number of benzene rings is 1. The first kappa shape index (κ1) is 9.74. The predicted octanol–water partition coefficient (Wildman–Crippen LogP) is 3.70. The quantitative estimate of drug-likeness (QED) is 0.785. The number of ether oxygens (including phenoxy) is 1. The molecule has 0 radical (unpaired) electrons. The molecule has 1 aromatic rings. The number of hydrogen-bond acceptors (Lipinski definition) is 1. The maximum atomic E-state index is 11.8. The van der Waals surface area contributed by atoms with Crippen molar-refractivity contribution in [3.63, 3.8) is 0 Å². The number of para-hydroxylation sites is 1. The number of hydrogen-bond donors (Lipinski definition) is 0. The highest BCUT2D eigenvalue weighted by Gasteiger charge is 2.11. The van der Waals surface area contributed by atoms with Crippen molar-refractivity contribution in [1.29, 1.82) is 0 Å². The molecular formula is C7H4BrClF2O. The molecule has 0 aliphatic heterocycles. The van der Waals surface area contributed by atoms with Crippen LogP contribution in [0.3, 0.4) is 0 Å². The molecule has 0 amide bonds. The zero-order valence-electron chi connectivity index (χ0n) is 5.73. The maximum absolute atomic E-state index is 11.8. The Kier molecular flexibility index (Phi) is 3.29. The van der Waals surface area contributed by atoms with Crippen molar-refractivity contribution in [3.05, 3.63) is 27.7 Å². The van der Waals surface area contributed by atoms with Crippen molar-refractivity contribution >= 4 is 27.5 Å². The molecule has 0 unspecified atom stereocenters. The van der Waals surface area contributed by atoms with E-state index < -0.39 is 6.61 Å². The lowest BCUT2D eigenvalue weighted by molar-refractivity contribution is -0.0502. The highest BCUT2D eigenvalue weighted by molar-refractivity contribution is 9.10. The molecule has 0 atom stereocenters. The fourth-order valence-electron chi connectivity index (χ4n) is 0.684. The molecule has 0 aliphatic rings. The summed E-state index contributed by atoms with van der Waals surface area (Å²) in [6.07, 6.45) is 0. The summed E-state index contributed by atoms with van der Waals surface area (Å²) in [5, 5.41) is 0.157. The molecule has 0 aromatic heterocycles. The summed E-state index contributed by atoms with van der Waals surface area (Å²) in [4.78, 5) is 0. The van der Waals surface area contributed by atoms with Crippen LogP contribution in [0.4, 0.5) is 8.78 Å². The van der Waals surface area contributed by atoms with Crippen LogP contribution in [-0.4, -0.2) is 6.61 Å². The number of halogens is 4. The van der Waals surface area contributed by atoms with E-state index in [0.717, 1.165) is 0 Å². The van der Waals surface area contributed by atoms with Gasteiger partial charge in [-0.1, -0.05) is 17.7 Å². The Bertz CT molecular complexity index is 260. The molecule has 1 rings (SSSR count). The monoisotopic (exact) mass is 256 g/mol. The van der Waals surface area contributed by atoms with Gasteiger partial charge in [0.2, 0.25) is 0 Å². The molecule has 0 heterocycles. The van der Waals surface area contributed by atoms with Crippen LogP contribution >= 0.6 is 27.5 Å². The smallest absolute Gasteiger partial charge is 0.387 e. The first-order valence-electron chi connectivity index (χ1n) is 3.00. The zero-order valence-corrected chi connectivity index (χ0v) is 8.07. The van der Waals surface area contributed by atoms with Crippen molar-refractivity contribution in [3.8, 4) is 5.75 Å². The molecule has 1 aromatic carbocycles. The van der Waals surface area contributed by atoms with Crippen LogP contribution in [0.5, 0.6) is 5.75 Å². The highest BCUT2D eigenvalue weighted by Crippen LogP contribution is 2.33. The van der Waals surface area contributed by atoms with Gasteiger partial charge in [-0.15, -0.1) is 0 Å². The molecule has 1 nitrogen and oxygen atoms in total. The Labute approximate surface area is 81.4 Å². The summed E-state index contributed by atoms with van der Waals surface area (Å²) >= 11 is 8.62. The van der Waals surface area contributed by atoms with Crippen molar-refractivity contribution in [2.24, 2.45) is 0 Å². The molecule has 0 bridgehead atoms. The number of alkyl halides is 2. The normalized spacial score (nSPS) is 10.4. The molecule has 5 heteroatoms. The Morgan fingerprint density at radius 3 is 2.58 bits per heavy atom. The van der Waals surface area contributed by atoms with Crippen LogP contribution in [0.2, 0.25) is 5.02 Å². The lowest BCUT2D eigenvalue weighted by Crippen LogP contribution is -2.02. The molecule has 0 aliphatic carbocycles. The maximum Gasteiger partial charge on any atom is 0.387 e. The minimum Gasteiger partial charge on any atom is -0.432 e. The van der Waals surface area contributed by atoms with E-state index in [1.807, 2.05) is 0 Å². The van der Waals surface area contributed by atoms with Gasteiger partial charge in [-0.25, -0.2) is 0 Å². The van der Waals surface area contributed by atoms with Gasteiger partial charge in [0.05, 0.1) is 9.50 Å². The summed E-state index contributed by atoms with van der Waals surface area (Å²) in [6, 6.07) is 4.68. The van der Waals surface area contributed by atoms with E-state index in [1.165, 1.54) is 6.07 Å². The summed E-state index contributed by atoms with van der Waals surface area (Å²) in [5.41, 5.74) is 0. The van der Waals surface area contributed by atoms with Gasteiger partial charge in [0, 0.05) is 0 Å². The van der Waals surface area contributed by atoms with Crippen molar-refractivity contribution < 1.29 is 13.5 Å². The van der Waals surface area contributed by atoms with Gasteiger partial charge in [-0.2, -0.15) is 8.78 Å². The van der Waals surface area contributed by atoms with Crippen molar-refractivity contribution in [2.45, 2.75) is 6.61 Å². The lowest BCUT2D eigenvalue weighted by atomic mass is 10.3. The molecule has 66 valence electrons. The van der Waals surface area contributed by atoms with E-state index in [4.69, 9.17) is 11.6 Å². The minimum atomic E-state index is -2.86. The van der Waals surface area contributed by atoms with E-state index in [1.54, 1.807) is 12.1 Å². The third-order valence-corrected chi connectivity index (χ3v) is 2.05. The summed E-state index contributed by atoms with van der Waals surface area (Å²) < 4.78 is 28.1. The second kappa shape index (κ2) is 4.05. The average molecular weight is 257 g/mol. The van der Waals surface area contributed by atoms with E-state index >= 15 is 0 Å². The van der Waals surface area contributed by atoms with Crippen LogP contribution in [0.25, 0.3) is 0 Å². The molecule has 0 saturated heterocycles. The van der Waals surface area contributed by atoms with Crippen LogP contribution in [0.15, 0.2) is 22.7 Å². The average Bonchev–Trinajstić information content (AvgIpc) is 1.97. The highest BCUT2D eigenvalue weighted by atomic mass is 79.9. The predicted molar refractivity (Wildman–Crippen MR) is 45.8 cm³/mol. The largest absolute Gasteiger partial charge is 0.432 e. The first-order chi connectivity index (χ1) is 5.61. The van der Waals surface area contributed by atoms with Crippen LogP contribution in [-0.2, 0) is 0 Å². The standard InChI is InChI=1S/C7H4BrClF2O/c8-4-2-1-3-5(9)6(4)12-7(10)11/h1-3,7H.